The van der Waals surface area contributed by atoms with Crippen LogP contribution < -0.4 is 5.32 Å². The number of hydrogen-bond acceptors (Lipinski definition) is 3. The van der Waals surface area contributed by atoms with E-state index in [1.165, 1.54) is 25.7 Å². The largest absolute Gasteiger partial charge is 0.314 e. The summed E-state index contributed by atoms with van der Waals surface area (Å²) in [6, 6.07) is 5.98. The molecule has 0 heterocycles. The van der Waals surface area contributed by atoms with Gasteiger partial charge in [-0.15, -0.1) is 0 Å². The molecule has 21 heavy (non-hydrogen) atoms. The maximum absolute atomic E-state index is 11.0. The highest BCUT2D eigenvalue weighted by molar-refractivity contribution is 5.44. The van der Waals surface area contributed by atoms with Crippen LogP contribution in [0.2, 0.25) is 0 Å². The van der Waals surface area contributed by atoms with Gasteiger partial charge in [0.15, 0.2) is 0 Å². The zero-order chi connectivity index (χ0) is 15.2. The van der Waals surface area contributed by atoms with Gasteiger partial charge in [0.2, 0.25) is 0 Å². The fourth-order valence-corrected chi connectivity index (χ4v) is 3.58. The van der Waals surface area contributed by atoms with Crippen molar-refractivity contribution in [2.24, 2.45) is 5.92 Å². The number of nitro benzene ring substituents is 1. The first-order chi connectivity index (χ1) is 10.1. The predicted octanol–water partition coefficient (Wildman–Crippen LogP) is 4.00. The summed E-state index contributed by atoms with van der Waals surface area (Å²) in [5.74, 6) is 0.781. The molecule has 1 aliphatic rings. The lowest BCUT2D eigenvalue weighted by Crippen LogP contribution is -2.35. The van der Waals surface area contributed by atoms with Crippen LogP contribution >= 0.6 is 0 Å². The summed E-state index contributed by atoms with van der Waals surface area (Å²) in [5.41, 5.74) is 2.18. The zero-order valence-corrected chi connectivity index (χ0v) is 13.1. The molecular weight excluding hydrogens is 264 g/mol. The minimum atomic E-state index is -0.280. The molecule has 4 nitrogen and oxygen atoms in total. The van der Waals surface area contributed by atoms with E-state index >= 15 is 0 Å². The van der Waals surface area contributed by atoms with Gasteiger partial charge in [-0.3, -0.25) is 10.1 Å². The van der Waals surface area contributed by atoms with E-state index in [-0.39, 0.29) is 10.6 Å². The zero-order valence-electron chi connectivity index (χ0n) is 13.1. The van der Waals surface area contributed by atoms with Crippen molar-refractivity contribution in [3.8, 4) is 0 Å². The molecule has 1 saturated carbocycles. The molecule has 0 radical (unpaired) electrons. The number of hydrogen-bond donors (Lipinski definition) is 1. The molecule has 1 fully saturated rings. The average Bonchev–Trinajstić information content (AvgIpc) is 2.98. The van der Waals surface area contributed by atoms with Gasteiger partial charge < -0.3 is 5.32 Å². The van der Waals surface area contributed by atoms with Crippen molar-refractivity contribution in [3.63, 3.8) is 0 Å². The molecule has 1 N–H and O–H groups in total. The molecule has 1 aliphatic carbocycles. The van der Waals surface area contributed by atoms with Crippen LogP contribution in [0, 0.1) is 23.0 Å². The van der Waals surface area contributed by atoms with Crippen LogP contribution in [0.15, 0.2) is 18.2 Å². The van der Waals surface area contributed by atoms with E-state index in [1.807, 2.05) is 13.0 Å². The van der Waals surface area contributed by atoms with Crippen molar-refractivity contribution < 1.29 is 4.92 Å². The summed E-state index contributed by atoms with van der Waals surface area (Å²) in [4.78, 5) is 10.7. The molecule has 0 saturated heterocycles. The summed E-state index contributed by atoms with van der Waals surface area (Å²) in [7, 11) is 0. The van der Waals surface area contributed by atoms with Gasteiger partial charge in [0, 0.05) is 17.7 Å². The average molecular weight is 290 g/mol. The Morgan fingerprint density at radius 2 is 2.10 bits per heavy atom. The summed E-state index contributed by atoms with van der Waals surface area (Å²) >= 11 is 0. The van der Waals surface area contributed by atoms with Crippen LogP contribution in [0.25, 0.3) is 0 Å². The number of nitrogens with one attached hydrogen (secondary N) is 1. The highest BCUT2D eigenvalue weighted by atomic mass is 16.6. The van der Waals surface area contributed by atoms with Crippen LogP contribution in [0.3, 0.4) is 0 Å². The van der Waals surface area contributed by atoms with Crippen LogP contribution in [-0.4, -0.2) is 17.5 Å². The summed E-state index contributed by atoms with van der Waals surface area (Å²) < 4.78 is 0. The summed E-state index contributed by atoms with van der Waals surface area (Å²) in [5, 5.41) is 14.6. The molecule has 116 valence electrons. The smallest absolute Gasteiger partial charge is 0.272 e. The molecule has 4 heteroatoms. The second kappa shape index (κ2) is 7.55. The Morgan fingerprint density at radius 1 is 1.38 bits per heavy atom. The lowest BCUT2D eigenvalue weighted by atomic mass is 9.91. The van der Waals surface area contributed by atoms with Crippen molar-refractivity contribution in [3.05, 3.63) is 39.4 Å². The normalized spacial score (nSPS) is 17.0. The van der Waals surface area contributed by atoms with Crippen LogP contribution in [0.4, 0.5) is 5.69 Å². The maximum Gasteiger partial charge on any atom is 0.272 e. The molecule has 2 rings (SSSR count). The van der Waals surface area contributed by atoms with Crippen molar-refractivity contribution in [1.29, 1.82) is 0 Å². The highest BCUT2D eigenvalue weighted by Crippen LogP contribution is 2.30. The fraction of sp³-hybridized carbons (Fsp3) is 0.647. The van der Waals surface area contributed by atoms with Gasteiger partial charge in [-0.05, 0) is 50.6 Å². The fourth-order valence-electron chi connectivity index (χ4n) is 3.58. The molecule has 0 amide bonds. The Balaban J connectivity index is 2.03. The van der Waals surface area contributed by atoms with E-state index in [1.54, 1.807) is 12.1 Å². The minimum absolute atomic E-state index is 0.244. The second-order valence-corrected chi connectivity index (χ2v) is 6.07. The number of rotatable bonds is 7. The Kier molecular flexibility index (Phi) is 5.74. The van der Waals surface area contributed by atoms with Gasteiger partial charge in [-0.2, -0.15) is 0 Å². The van der Waals surface area contributed by atoms with Crippen molar-refractivity contribution in [1.82, 2.24) is 5.32 Å². The van der Waals surface area contributed by atoms with Crippen LogP contribution in [-0.2, 0) is 6.42 Å². The topological polar surface area (TPSA) is 55.2 Å². The van der Waals surface area contributed by atoms with Gasteiger partial charge in [0.25, 0.3) is 5.69 Å². The predicted molar refractivity (Wildman–Crippen MR) is 85.6 cm³/mol. The summed E-state index contributed by atoms with van der Waals surface area (Å²) in [6.45, 7) is 5.01. The molecule has 1 atom stereocenters. The first kappa shape index (κ1) is 16.0. The first-order valence-corrected chi connectivity index (χ1v) is 8.09. The monoisotopic (exact) mass is 290 g/mol. The Labute approximate surface area is 127 Å². The third-order valence-electron chi connectivity index (χ3n) is 4.77. The lowest BCUT2D eigenvalue weighted by Gasteiger charge is -2.24. The van der Waals surface area contributed by atoms with E-state index in [2.05, 4.69) is 12.2 Å². The third-order valence-corrected chi connectivity index (χ3v) is 4.77. The third kappa shape index (κ3) is 4.03. The van der Waals surface area contributed by atoms with Crippen molar-refractivity contribution in [2.75, 3.05) is 6.54 Å². The SMILES string of the molecule is CCNC(CCc1cccc([N+](=O)[O-])c1C)C1CCCC1. The van der Waals surface area contributed by atoms with Gasteiger partial charge in [-0.25, -0.2) is 0 Å². The number of nitro groups is 1. The lowest BCUT2D eigenvalue weighted by molar-refractivity contribution is -0.385. The van der Waals surface area contributed by atoms with E-state index in [0.29, 0.717) is 6.04 Å². The van der Waals surface area contributed by atoms with Crippen molar-refractivity contribution in [2.45, 2.75) is 58.4 Å². The Morgan fingerprint density at radius 3 is 2.71 bits per heavy atom. The highest BCUT2D eigenvalue weighted by Gasteiger charge is 2.24. The Hall–Kier alpha value is -1.42. The molecule has 0 aromatic heterocycles. The van der Waals surface area contributed by atoms with Gasteiger partial charge >= 0.3 is 0 Å². The van der Waals surface area contributed by atoms with E-state index in [9.17, 15) is 10.1 Å². The number of aryl methyl sites for hydroxylation is 1. The van der Waals surface area contributed by atoms with E-state index in [4.69, 9.17) is 0 Å². The summed E-state index contributed by atoms with van der Waals surface area (Å²) in [6.07, 6.45) is 7.34. The molecule has 1 aromatic carbocycles. The second-order valence-electron chi connectivity index (χ2n) is 6.07. The Bertz CT molecular complexity index is 482. The standard InChI is InChI=1S/C17H26N2O2/c1-3-18-16(15-7-4-5-8-15)12-11-14-9-6-10-17(13(14)2)19(20)21/h6,9-10,15-16,18H,3-5,7-8,11-12H2,1-2H3. The van der Waals surface area contributed by atoms with Gasteiger partial charge in [0.1, 0.15) is 0 Å². The molecule has 0 bridgehead atoms. The maximum atomic E-state index is 11.0. The quantitative estimate of drug-likeness (QED) is 0.610. The molecule has 0 aliphatic heterocycles. The molecule has 1 aromatic rings. The van der Waals surface area contributed by atoms with Gasteiger partial charge in [0.05, 0.1) is 4.92 Å². The van der Waals surface area contributed by atoms with E-state index in [0.717, 1.165) is 36.4 Å². The van der Waals surface area contributed by atoms with Crippen LogP contribution in [0.1, 0.15) is 50.2 Å². The molecular formula is C17H26N2O2. The molecule has 0 spiro atoms. The number of nitrogens with zero attached hydrogens (tertiary/aromatic N) is 1. The minimum Gasteiger partial charge on any atom is -0.314 e. The number of benzene rings is 1. The first-order valence-electron chi connectivity index (χ1n) is 8.09. The van der Waals surface area contributed by atoms with Crippen molar-refractivity contribution >= 4 is 5.69 Å². The molecule has 1 unspecified atom stereocenters. The van der Waals surface area contributed by atoms with Gasteiger partial charge in [-0.1, -0.05) is 31.9 Å². The van der Waals surface area contributed by atoms with E-state index < -0.39 is 0 Å². The van der Waals surface area contributed by atoms with Crippen LogP contribution in [0.5, 0.6) is 0 Å².